The Morgan fingerprint density at radius 2 is 1.33 bits per heavy atom. The van der Waals surface area contributed by atoms with E-state index in [-0.39, 0.29) is 31.6 Å². The molecule has 0 aromatic heterocycles. The zero-order valence-electron chi connectivity index (χ0n) is 21.1. The SMILES string of the molecule is C.COC(=O)[C@H](NC(=O)c1ccccc1)[C@@H](C)c1cccc(F)c1.C[C@@H](c1cccc(F)c1)[C@@H](N)C(=O)O.Cl. The summed E-state index contributed by atoms with van der Waals surface area (Å²) in [6.45, 7) is 3.40. The fourth-order valence-corrected chi connectivity index (χ4v) is 3.52. The quantitative estimate of drug-likeness (QED) is 0.319. The van der Waals surface area contributed by atoms with Gasteiger partial charge in [-0.15, -0.1) is 12.4 Å². The highest BCUT2D eigenvalue weighted by molar-refractivity contribution is 5.97. The topological polar surface area (TPSA) is 119 Å². The number of carbonyl (C=O) groups is 3. The van der Waals surface area contributed by atoms with Crippen molar-refractivity contribution >= 4 is 30.3 Å². The molecular weight excluding hydrogens is 530 g/mol. The summed E-state index contributed by atoms with van der Waals surface area (Å²) in [5.41, 5.74) is 7.06. The van der Waals surface area contributed by atoms with Crippen molar-refractivity contribution in [2.24, 2.45) is 5.73 Å². The number of amides is 1. The first kappa shape index (κ1) is 35.2. The molecular formula is C29H35ClF2N2O5. The largest absolute Gasteiger partial charge is 0.480 e. The Hall–Kier alpha value is -3.82. The van der Waals surface area contributed by atoms with Gasteiger partial charge in [0.1, 0.15) is 23.7 Å². The molecule has 0 radical (unpaired) electrons. The number of aliphatic carboxylic acids is 1. The number of hydrogen-bond donors (Lipinski definition) is 3. The smallest absolute Gasteiger partial charge is 0.328 e. The van der Waals surface area contributed by atoms with Crippen LogP contribution in [-0.2, 0) is 14.3 Å². The predicted molar refractivity (Wildman–Crippen MR) is 149 cm³/mol. The Kier molecular flexibility index (Phi) is 15.2. The number of carboxylic acids is 1. The number of benzene rings is 3. The van der Waals surface area contributed by atoms with Crippen LogP contribution in [0.2, 0.25) is 0 Å². The average Bonchev–Trinajstić information content (AvgIpc) is 2.90. The number of esters is 1. The number of methoxy groups -OCH3 is 1. The maximum atomic E-state index is 13.4. The van der Waals surface area contributed by atoms with Gasteiger partial charge in [-0.3, -0.25) is 9.59 Å². The minimum absolute atomic E-state index is 0. The first-order valence-corrected chi connectivity index (χ1v) is 11.5. The van der Waals surface area contributed by atoms with E-state index >= 15 is 0 Å². The van der Waals surface area contributed by atoms with Gasteiger partial charge in [0, 0.05) is 17.4 Å². The molecule has 0 unspecified atom stereocenters. The van der Waals surface area contributed by atoms with E-state index in [4.69, 9.17) is 15.6 Å². The van der Waals surface area contributed by atoms with E-state index in [0.717, 1.165) is 0 Å². The standard InChI is InChI=1S/C18H18FNO3.C10H12FNO2.CH4.ClH/c1-12(14-9-6-10-15(19)11-14)16(18(22)23-2)20-17(21)13-7-4-3-5-8-13;1-6(9(12)10(13)14)7-3-2-4-8(11)5-7;;/h3-12,16H,1-2H3,(H,20,21);2-6,9H,12H2,1H3,(H,13,14);1H4;1H/t12-,16+;6-,9+;;/m00../s1. The lowest BCUT2D eigenvalue weighted by Crippen LogP contribution is -2.44. The lowest BCUT2D eigenvalue weighted by molar-refractivity contribution is -0.143. The van der Waals surface area contributed by atoms with Crippen LogP contribution < -0.4 is 11.1 Å². The Morgan fingerprint density at radius 1 is 0.846 bits per heavy atom. The van der Waals surface area contributed by atoms with Crippen molar-refractivity contribution in [3.8, 4) is 0 Å². The van der Waals surface area contributed by atoms with Gasteiger partial charge in [-0.2, -0.15) is 0 Å². The zero-order chi connectivity index (χ0) is 27.5. The Bertz CT molecular complexity index is 1210. The van der Waals surface area contributed by atoms with Crippen molar-refractivity contribution in [1.82, 2.24) is 5.32 Å². The van der Waals surface area contributed by atoms with Gasteiger partial charge < -0.3 is 20.9 Å². The highest BCUT2D eigenvalue weighted by atomic mass is 35.5. The molecule has 0 spiro atoms. The van der Waals surface area contributed by atoms with E-state index < -0.39 is 41.7 Å². The molecule has 3 rings (SSSR count). The fourth-order valence-electron chi connectivity index (χ4n) is 3.52. The number of rotatable bonds is 8. The van der Waals surface area contributed by atoms with Crippen molar-refractivity contribution in [2.45, 2.75) is 45.2 Å². The van der Waals surface area contributed by atoms with Crippen molar-refractivity contribution < 1.29 is 33.0 Å². The maximum Gasteiger partial charge on any atom is 0.328 e. The molecule has 0 aliphatic carbocycles. The summed E-state index contributed by atoms with van der Waals surface area (Å²) < 4.78 is 31.0. The molecule has 3 aromatic carbocycles. The monoisotopic (exact) mass is 564 g/mol. The van der Waals surface area contributed by atoms with Crippen LogP contribution in [0.25, 0.3) is 0 Å². The number of halogens is 3. The Labute approximate surface area is 233 Å². The molecule has 39 heavy (non-hydrogen) atoms. The molecule has 212 valence electrons. The molecule has 0 heterocycles. The highest BCUT2D eigenvalue weighted by Crippen LogP contribution is 2.22. The molecule has 0 aliphatic rings. The second-order valence-electron chi connectivity index (χ2n) is 8.39. The van der Waals surface area contributed by atoms with Crippen LogP contribution in [0, 0.1) is 11.6 Å². The summed E-state index contributed by atoms with van der Waals surface area (Å²) in [7, 11) is 1.25. The minimum atomic E-state index is -1.08. The van der Waals surface area contributed by atoms with Crippen LogP contribution in [0.4, 0.5) is 8.78 Å². The molecule has 1 amide bonds. The Morgan fingerprint density at radius 3 is 1.77 bits per heavy atom. The summed E-state index contributed by atoms with van der Waals surface area (Å²) in [5.74, 6) is -3.66. The molecule has 0 saturated heterocycles. The molecule has 3 aromatic rings. The van der Waals surface area contributed by atoms with E-state index in [9.17, 15) is 23.2 Å². The fraction of sp³-hybridized carbons (Fsp3) is 0.276. The van der Waals surface area contributed by atoms with Gasteiger partial charge in [-0.1, -0.05) is 63.7 Å². The third-order valence-corrected chi connectivity index (χ3v) is 5.85. The molecule has 0 fully saturated rings. The highest BCUT2D eigenvalue weighted by Gasteiger charge is 2.29. The van der Waals surface area contributed by atoms with Gasteiger partial charge in [0.15, 0.2) is 0 Å². The lowest BCUT2D eigenvalue weighted by atomic mass is 9.93. The molecule has 0 saturated carbocycles. The first-order chi connectivity index (χ1) is 17.5. The van der Waals surface area contributed by atoms with Gasteiger partial charge >= 0.3 is 11.9 Å². The van der Waals surface area contributed by atoms with Gasteiger partial charge in [0.2, 0.25) is 0 Å². The normalized spacial score (nSPS) is 13.0. The Balaban J connectivity index is 0.000000783. The number of carbonyl (C=O) groups excluding carboxylic acids is 2. The van der Waals surface area contributed by atoms with Crippen molar-refractivity contribution in [3.63, 3.8) is 0 Å². The van der Waals surface area contributed by atoms with E-state index in [1.165, 1.54) is 37.4 Å². The third-order valence-electron chi connectivity index (χ3n) is 5.85. The van der Waals surface area contributed by atoms with E-state index in [1.807, 2.05) is 0 Å². The number of nitrogens with one attached hydrogen (secondary N) is 1. The van der Waals surface area contributed by atoms with Crippen LogP contribution in [-0.4, -0.2) is 42.1 Å². The predicted octanol–water partition coefficient (Wildman–Crippen LogP) is 5.30. The number of ether oxygens (including phenoxy) is 1. The number of nitrogens with two attached hydrogens (primary N) is 1. The van der Waals surface area contributed by atoms with Crippen LogP contribution in [0.1, 0.15) is 54.6 Å². The summed E-state index contributed by atoms with van der Waals surface area (Å²) in [5, 5.41) is 11.3. The lowest BCUT2D eigenvalue weighted by Gasteiger charge is -2.23. The van der Waals surface area contributed by atoms with Gasteiger partial charge in [-0.25, -0.2) is 13.6 Å². The molecule has 4 N–H and O–H groups in total. The maximum absolute atomic E-state index is 13.4. The molecule has 0 aliphatic heterocycles. The average molecular weight is 565 g/mol. The van der Waals surface area contributed by atoms with Crippen molar-refractivity contribution in [3.05, 3.63) is 107 Å². The van der Waals surface area contributed by atoms with Crippen molar-refractivity contribution in [2.75, 3.05) is 7.11 Å². The summed E-state index contributed by atoms with van der Waals surface area (Å²) >= 11 is 0. The van der Waals surface area contributed by atoms with E-state index in [0.29, 0.717) is 16.7 Å². The van der Waals surface area contributed by atoms with Crippen LogP contribution in [0.5, 0.6) is 0 Å². The van der Waals surface area contributed by atoms with Crippen LogP contribution >= 0.6 is 12.4 Å². The zero-order valence-corrected chi connectivity index (χ0v) is 22.0. The first-order valence-electron chi connectivity index (χ1n) is 11.5. The van der Waals surface area contributed by atoms with Gasteiger partial charge in [-0.05, 0) is 47.5 Å². The molecule has 10 heteroatoms. The molecule has 0 bridgehead atoms. The number of hydrogen-bond acceptors (Lipinski definition) is 5. The minimum Gasteiger partial charge on any atom is -0.480 e. The molecule has 7 nitrogen and oxygen atoms in total. The van der Waals surface area contributed by atoms with Crippen molar-refractivity contribution in [1.29, 1.82) is 0 Å². The summed E-state index contributed by atoms with van der Waals surface area (Å²) in [6, 6.07) is 18.4. The van der Waals surface area contributed by atoms with Crippen LogP contribution in [0.3, 0.4) is 0 Å². The third kappa shape index (κ3) is 10.5. The molecule has 4 atom stereocenters. The van der Waals surface area contributed by atoms with Gasteiger partial charge in [0.25, 0.3) is 5.91 Å². The number of carboxylic acid groups (broad SMARTS) is 1. The second kappa shape index (κ2) is 16.9. The van der Waals surface area contributed by atoms with Crippen LogP contribution in [0.15, 0.2) is 78.9 Å². The summed E-state index contributed by atoms with van der Waals surface area (Å²) in [6.07, 6.45) is 0. The van der Waals surface area contributed by atoms with E-state index in [2.05, 4.69) is 5.32 Å². The summed E-state index contributed by atoms with van der Waals surface area (Å²) in [4.78, 5) is 34.9. The van der Waals surface area contributed by atoms with Gasteiger partial charge in [0.05, 0.1) is 7.11 Å². The second-order valence-corrected chi connectivity index (χ2v) is 8.39. The van der Waals surface area contributed by atoms with E-state index in [1.54, 1.807) is 62.4 Å².